The Morgan fingerprint density at radius 2 is 1.54 bits per heavy atom. The van der Waals surface area contributed by atoms with Crippen molar-refractivity contribution in [2.24, 2.45) is 39.5 Å². The van der Waals surface area contributed by atoms with Gasteiger partial charge in [-0.05, 0) is 89.7 Å². The number of Topliss-reactive ketones (excluding diaryl/α,β-unsaturated/α-hetero) is 2. The van der Waals surface area contributed by atoms with Crippen LogP contribution in [0, 0.1) is 34.5 Å². The van der Waals surface area contributed by atoms with E-state index >= 15 is 0 Å². The summed E-state index contributed by atoms with van der Waals surface area (Å²) in [6, 6.07) is 4.67. The van der Waals surface area contributed by atoms with Crippen molar-refractivity contribution in [3.05, 3.63) is 34.4 Å². The Kier molecular flexibility index (Phi) is 6.85. The van der Waals surface area contributed by atoms with Gasteiger partial charge in [0.05, 0.1) is 0 Å². The Morgan fingerprint density at radius 3 is 2.14 bits per heavy atom. The quantitative estimate of drug-likeness (QED) is 0.378. The molecule has 0 saturated heterocycles. The molecule has 3 aliphatic carbocycles. The minimum Gasteiger partial charge on any atom is -0.299 e. The first-order valence-electron chi connectivity index (χ1n) is 15.2. The van der Waals surface area contributed by atoms with Crippen molar-refractivity contribution in [1.82, 2.24) is 0 Å². The zero-order valence-electron chi connectivity index (χ0n) is 24.6. The molecule has 202 valence electrons. The fraction of sp³-hybridized carbons (Fsp3) is 0.735. The van der Waals surface area contributed by atoms with E-state index < -0.39 is 0 Å². The lowest BCUT2D eigenvalue weighted by atomic mass is 9.49. The topological polar surface area (TPSA) is 46.5 Å². The van der Waals surface area contributed by atoms with Gasteiger partial charge in [0.15, 0.2) is 5.78 Å². The molecule has 0 N–H and O–H groups in total. The standard InChI is InChI=1S/C34H49NO2/c1-19(2)22-15-24(20(3)4)31(25(16-22)21(5)6)32(37)29-10-9-27-26-18-35-30-17-23(36)11-13-34(30,8)28(26)12-14-33(27,29)7/h15-16,19-21,26-29H,9-14,17-18H2,1-8H3/t26-,27-,28-,29+,33-,34+/m0/s1. The molecule has 0 unspecified atom stereocenters. The second-order valence-corrected chi connectivity index (χ2v) is 14.4. The molecule has 3 fully saturated rings. The molecular formula is C34H49NO2. The highest BCUT2D eigenvalue weighted by Gasteiger charge is 2.60. The SMILES string of the molecule is CC(C)c1cc(C(C)C)c(C(=O)[C@H]2CC[C@H]3[C@@H]4CN=C5CC(=O)CC[C@]5(C)[C@H]4CC[C@]23C)c(C(C)C)c1. The summed E-state index contributed by atoms with van der Waals surface area (Å²) in [5, 5.41) is 0. The van der Waals surface area contributed by atoms with E-state index in [0.717, 1.165) is 37.8 Å². The van der Waals surface area contributed by atoms with Crippen molar-refractivity contribution in [2.45, 2.75) is 118 Å². The van der Waals surface area contributed by atoms with Crippen molar-refractivity contribution in [3.8, 4) is 0 Å². The summed E-state index contributed by atoms with van der Waals surface area (Å²) < 4.78 is 0. The van der Waals surface area contributed by atoms with Crippen LogP contribution in [0.1, 0.15) is 145 Å². The van der Waals surface area contributed by atoms with Crippen LogP contribution in [-0.4, -0.2) is 23.8 Å². The molecule has 0 aromatic heterocycles. The Hall–Kier alpha value is -1.77. The molecule has 4 aliphatic rings. The van der Waals surface area contributed by atoms with E-state index in [4.69, 9.17) is 4.99 Å². The van der Waals surface area contributed by atoms with Gasteiger partial charge in [-0.2, -0.15) is 0 Å². The molecule has 3 saturated carbocycles. The average Bonchev–Trinajstić information content (AvgIpc) is 3.20. The zero-order chi connectivity index (χ0) is 26.9. The summed E-state index contributed by atoms with van der Waals surface area (Å²) in [7, 11) is 0. The fourth-order valence-electron chi connectivity index (χ4n) is 9.05. The van der Waals surface area contributed by atoms with Gasteiger partial charge in [0, 0.05) is 42.0 Å². The monoisotopic (exact) mass is 503 g/mol. The normalized spacial score (nSPS) is 35.4. The Morgan fingerprint density at radius 1 is 0.892 bits per heavy atom. The van der Waals surface area contributed by atoms with Crippen molar-refractivity contribution in [3.63, 3.8) is 0 Å². The van der Waals surface area contributed by atoms with Gasteiger partial charge < -0.3 is 0 Å². The number of hydrogen-bond donors (Lipinski definition) is 0. The molecule has 0 spiro atoms. The van der Waals surface area contributed by atoms with E-state index in [0.29, 0.717) is 59.9 Å². The van der Waals surface area contributed by atoms with Crippen LogP contribution in [0.5, 0.6) is 0 Å². The van der Waals surface area contributed by atoms with Gasteiger partial charge in [0.2, 0.25) is 0 Å². The third kappa shape index (κ3) is 4.18. The number of fused-ring (bicyclic) bond motifs is 5. The molecule has 37 heavy (non-hydrogen) atoms. The van der Waals surface area contributed by atoms with E-state index in [1.54, 1.807) is 0 Å². The van der Waals surface area contributed by atoms with Crippen LogP contribution in [-0.2, 0) is 4.79 Å². The number of aliphatic imine (C=N–C) groups is 1. The number of nitrogens with zero attached hydrogens (tertiary/aromatic N) is 1. The molecule has 6 atom stereocenters. The van der Waals surface area contributed by atoms with Crippen molar-refractivity contribution in [1.29, 1.82) is 0 Å². The summed E-state index contributed by atoms with van der Waals surface area (Å²) in [6.45, 7) is 19.2. The van der Waals surface area contributed by atoms with Gasteiger partial charge in [-0.1, -0.05) is 67.5 Å². The number of carbonyl (C=O) groups excluding carboxylic acids is 2. The molecule has 1 aliphatic heterocycles. The van der Waals surface area contributed by atoms with Gasteiger partial charge >= 0.3 is 0 Å². The highest BCUT2D eigenvalue weighted by molar-refractivity contribution is 6.07. The number of ketones is 2. The predicted octanol–water partition coefficient (Wildman–Crippen LogP) is 8.51. The minimum absolute atomic E-state index is 0.0470. The number of hydrogen-bond acceptors (Lipinski definition) is 3. The van der Waals surface area contributed by atoms with E-state index in [9.17, 15) is 9.59 Å². The maximum atomic E-state index is 14.7. The van der Waals surface area contributed by atoms with E-state index in [-0.39, 0.29) is 16.7 Å². The molecule has 1 aromatic carbocycles. The summed E-state index contributed by atoms with van der Waals surface area (Å²) in [4.78, 5) is 31.9. The minimum atomic E-state index is 0.0470. The highest BCUT2D eigenvalue weighted by atomic mass is 16.1. The highest BCUT2D eigenvalue weighted by Crippen LogP contribution is 2.64. The fourth-order valence-corrected chi connectivity index (χ4v) is 9.05. The molecule has 3 heteroatoms. The van der Waals surface area contributed by atoms with Gasteiger partial charge in [0.1, 0.15) is 5.78 Å². The first-order chi connectivity index (χ1) is 17.4. The lowest BCUT2D eigenvalue weighted by Gasteiger charge is -2.56. The van der Waals surface area contributed by atoms with Crippen molar-refractivity contribution < 1.29 is 9.59 Å². The second-order valence-electron chi connectivity index (χ2n) is 14.4. The van der Waals surface area contributed by atoms with Crippen LogP contribution in [0.3, 0.4) is 0 Å². The molecule has 5 rings (SSSR count). The maximum absolute atomic E-state index is 14.7. The third-order valence-corrected chi connectivity index (χ3v) is 11.4. The number of benzene rings is 1. The predicted molar refractivity (Wildman–Crippen MR) is 153 cm³/mol. The first-order valence-corrected chi connectivity index (χ1v) is 15.2. The molecule has 0 bridgehead atoms. The van der Waals surface area contributed by atoms with Crippen LogP contribution in [0.15, 0.2) is 17.1 Å². The van der Waals surface area contributed by atoms with Crippen molar-refractivity contribution in [2.75, 3.05) is 6.54 Å². The summed E-state index contributed by atoms with van der Waals surface area (Å²) in [6.07, 6.45) is 6.71. The zero-order valence-corrected chi connectivity index (χ0v) is 24.6. The van der Waals surface area contributed by atoms with Crippen LogP contribution >= 0.6 is 0 Å². The Bertz CT molecular complexity index is 1100. The van der Waals surface area contributed by atoms with Crippen LogP contribution in [0.2, 0.25) is 0 Å². The average molecular weight is 504 g/mol. The smallest absolute Gasteiger partial charge is 0.167 e. The van der Waals surface area contributed by atoms with Gasteiger partial charge in [-0.3, -0.25) is 14.6 Å². The second kappa shape index (κ2) is 9.45. The largest absolute Gasteiger partial charge is 0.299 e. The number of carbonyl (C=O) groups is 2. The van der Waals surface area contributed by atoms with E-state index in [1.807, 2.05) is 0 Å². The molecule has 1 aromatic rings. The Labute approximate surface area is 225 Å². The summed E-state index contributed by atoms with van der Waals surface area (Å²) >= 11 is 0. The molecule has 1 heterocycles. The van der Waals surface area contributed by atoms with Gasteiger partial charge in [-0.25, -0.2) is 0 Å². The third-order valence-electron chi connectivity index (χ3n) is 11.4. The lowest BCUT2D eigenvalue weighted by molar-refractivity contribution is -0.120. The van der Waals surface area contributed by atoms with E-state index in [1.165, 1.54) is 28.8 Å². The molecule has 3 nitrogen and oxygen atoms in total. The first kappa shape index (κ1) is 26.8. The van der Waals surface area contributed by atoms with Crippen molar-refractivity contribution >= 4 is 17.3 Å². The Balaban J connectivity index is 1.51. The summed E-state index contributed by atoms with van der Waals surface area (Å²) in [5.41, 5.74) is 6.24. The molecule has 0 amide bonds. The molecular weight excluding hydrogens is 454 g/mol. The van der Waals surface area contributed by atoms with Crippen LogP contribution in [0.4, 0.5) is 0 Å². The number of rotatable bonds is 5. The summed E-state index contributed by atoms with van der Waals surface area (Å²) in [5.74, 6) is 3.72. The van der Waals surface area contributed by atoms with Crippen LogP contribution < -0.4 is 0 Å². The molecule has 0 radical (unpaired) electrons. The van der Waals surface area contributed by atoms with Gasteiger partial charge in [-0.15, -0.1) is 0 Å². The maximum Gasteiger partial charge on any atom is 0.167 e. The lowest BCUT2D eigenvalue weighted by Crippen LogP contribution is -2.54. The van der Waals surface area contributed by atoms with E-state index in [2.05, 4.69) is 67.5 Å². The van der Waals surface area contributed by atoms with Gasteiger partial charge in [0.25, 0.3) is 0 Å². The van der Waals surface area contributed by atoms with Crippen LogP contribution in [0.25, 0.3) is 0 Å².